The molecule has 2 N–H and O–H groups in total. The number of thioether (sulfide) groups is 1. The van der Waals surface area contributed by atoms with Gasteiger partial charge in [-0.3, -0.25) is 0 Å². The van der Waals surface area contributed by atoms with E-state index in [4.69, 9.17) is 5.73 Å². The van der Waals surface area contributed by atoms with Crippen molar-refractivity contribution in [2.45, 2.75) is 29.5 Å². The van der Waals surface area contributed by atoms with Gasteiger partial charge in [0.2, 0.25) is 0 Å². The quantitative estimate of drug-likeness (QED) is 0.853. The Kier molecular flexibility index (Phi) is 4.74. The molecule has 2 rings (SSSR count). The van der Waals surface area contributed by atoms with Crippen molar-refractivity contribution >= 4 is 23.3 Å². The zero-order valence-electron chi connectivity index (χ0n) is 10.5. The molecule has 96 valence electrons. The summed E-state index contributed by atoms with van der Waals surface area (Å²) in [7, 11) is 0. The Balaban J connectivity index is 2.15. The third-order valence-corrected chi connectivity index (χ3v) is 5.16. The molecule has 0 saturated carbocycles. The number of aromatic nitrogens is 2. The van der Waals surface area contributed by atoms with Crippen LogP contribution in [0.2, 0.25) is 0 Å². The second-order valence-electron chi connectivity index (χ2n) is 4.47. The minimum Gasteiger partial charge on any atom is -0.323 e. The van der Waals surface area contributed by atoms with Gasteiger partial charge < -0.3 is 5.73 Å². The highest BCUT2D eigenvalue weighted by atomic mass is 32.2. The molecule has 18 heavy (non-hydrogen) atoms. The van der Waals surface area contributed by atoms with Crippen LogP contribution < -0.4 is 5.73 Å². The summed E-state index contributed by atoms with van der Waals surface area (Å²) in [5.74, 6) is 0.481. The van der Waals surface area contributed by atoms with Gasteiger partial charge in [-0.1, -0.05) is 55.9 Å². The van der Waals surface area contributed by atoms with Crippen LogP contribution in [0.1, 0.15) is 25.5 Å². The Bertz CT molecular complexity index is 456. The third-order valence-electron chi connectivity index (χ3n) is 2.77. The average molecular weight is 279 g/mol. The zero-order valence-corrected chi connectivity index (χ0v) is 12.1. The predicted octanol–water partition coefficient (Wildman–Crippen LogP) is 3.35. The van der Waals surface area contributed by atoms with Crippen LogP contribution in [0.4, 0.5) is 0 Å². The van der Waals surface area contributed by atoms with E-state index in [1.165, 1.54) is 17.1 Å². The van der Waals surface area contributed by atoms with Crippen molar-refractivity contribution in [3.63, 3.8) is 0 Å². The summed E-state index contributed by atoms with van der Waals surface area (Å²) >= 11 is 3.15. The molecule has 0 fully saturated rings. The number of hydrogen-bond donors (Lipinski definition) is 1. The van der Waals surface area contributed by atoms with Crippen LogP contribution >= 0.6 is 23.3 Å². The molecule has 0 aliphatic carbocycles. The van der Waals surface area contributed by atoms with Gasteiger partial charge in [-0.05, 0) is 23.0 Å². The molecular formula is C13H17N3S2. The molecule has 0 radical (unpaired) electrons. The minimum atomic E-state index is 0.0140. The fraction of sp³-hybridized carbons (Fsp3) is 0.385. The fourth-order valence-corrected chi connectivity index (χ4v) is 3.65. The molecule has 0 aliphatic heterocycles. The SMILES string of the molecule is CC(C)C(Sc1ncns1)C(N)c1ccccc1. The van der Waals surface area contributed by atoms with Crippen LogP contribution in [-0.4, -0.2) is 14.6 Å². The standard InChI is InChI=1S/C13H17N3S2/c1-9(2)12(17-13-15-8-16-18-13)11(14)10-6-4-3-5-7-10/h3-9,11-12H,14H2,1-2H3. The summed E-state index contributed by atoms with van der Waals surface area (Å²) in [4.78, 5) is 4.23. The van der Waals surface area contributed by atoms with E-state index in [9.17, 15) is 0 Å². The maximum Gasteiger partial charge on any atom is 0.170 e. The van der Waals surface area contributed by atoms with Gasteiger partial charge in [0.25, 0.3) is 0 Å². The van der Waals surface area contributed by atoms with Crippen molar-refractivity contribution in [2.24, 2.45) is 11.7 Å². The Morgan fingerprint density at radius 1 is 1.22 bits per heavy atom. The van der Waals surface area contributed by atoms with Crippen LogP contribution in [0.25, 0.3) is 0 Å². The third kappa shape index (κ3) is 3.31. The van der Waals surface area contributed by atoms with Crippen LogP contribution in [0, 0.1) is 5.92 Å². The molecule has 3 nitrogen and oxygen atoms in total. The number of hydrogen-bond acceptors (Lipinski definition) is 5. The number of nitrogens with zero attached hydrogens (tertiary/aromatic N) is 2. The van der Waals surface area contributed by atoms with Gasteiger partial charge in [-0.2, -0.15) is 4.37 Å². The van der Waals surface area contributed by atoms with Crippen molar-refractivity contribution in [3.05, 3.63) is 42.2 Å². The molecule has 5 heteroatoms. The molecule has 2 atom stereocenters. The summed E-state index contributed by atoms with van der Waals surface area (Å²) in [6, 6.07) is 10.3. The van der Waals surface area contributed by atoms with E-state index in [0.29, 0.717) is 11.2 Å². The highest BCUT2D eigenvalue weighted by Crippen LogP contribution is 2.35. The fourth-order valence-electron chi connectivity index (χ4n) is 1.82. The van der Waals surface area contributed by atoms with Gasteiger partial charge in [0.15, 0.2) is 4.34 Å². The number of benzene rings is 1. The molecule has 1 aromatic carbocycles. The Labute approximate surface area is 116 Å². The first-order chi connectivity index (χ1) is 8.68. The molecule has 0 aliphatic rings. The molecule has 0 saturated heterocycles. The molecule has 2 aromatic rings. The lowest BCUT2D eigenvalue weighted by molar-refractivity contribution is 0.527. The van der Waals surface area contributed by atoms with E-state index >= 15 is 0 Å². The number of rotatable bonds is 5. The monoisotopic (exact) mass is 279 g/mol. The topological polar surface area (TPSA) is 51.8 Å². The van der Waals surface area contributed by atoms with Crippen LogP contribution in [0.15, 0.2) is 41.0 Å². The van der Waals surface area contributed by atoms with Gasteiger partial charge in [0.1, 0.15) is 6.33 Å². The molecule has 0 bridgehead atoms. The van der Waals surface area contributed by atoms with Crippen LogP contribution in [0.3, 0.4) is 0 Å². The van der Waals surface area contributed by atoms with Crippen molar-refractivity contribution < 1.29 is 0 Å². The molecule has 1 aromatic heterocycles. The molecule has 1 heterocycles. The summed E-state index contributed by atoms with van der Waals surface area (Å²) in [6.07, 6.45) is 1.60. The maximum atomic E-state index is 6.39. The summed E-state index contributed by atoms with van der Waals surface area (Å²) in [6.45, 7) is 4.39. The van der Waals surface area contributed by atoms with Gasteiger partial charge in [0, 0.05) is 11.3 Å². The molecule has 2 unspecified atom stereocenters. The largest absolute Gasteiger partial charge is 0.323 e. The average Bonchev–Trinajstić information content (AvgIpc) is 2.89. The first kappa shape index (κ1) is 13.5. The van der Waals surface area contributed by atoms with Crippen molar-refractivity contribution in [2.75, 3.05) is 0 Å². The lowest BCUT2D eigenvalue weighted by Crippen LogP contribution is -2.28. The van der Waals surface area contributed by atoms with Crippen molar-refractivity contribution in [1.29, 1.82) is 0 Å². The Morgan fingerprint density at radius 2 is 1.94 bits per heavy atom. The number of nitrogens with two attached hydrogens (primary N) is 1. The zero-order chi connectivity index (χ0) is 13.0. The normalized spacial score (nSPS) is 14.7. The van der Waals surface area contributed by atoms with Gasteiger partial charge in [-0.25, -0.2) is 4.98 Å². The van der Waals surface area contributed by atoms with Crippen LogP contribution in [-0.2, 0) is 0 Å². The van der Waals surface area contributed by atoms with E-state index in [1.54, 1.807) is 18.1 Å². The second kappa shape index (κ2) is 6.31. The minimum absolute atomic E-state index is 0.0140. The van der Waals surface area contributed by atoms with Crippen molar-refractivity contribution in [1.82, 2.24) is 9.36 Å². The van der Waals surface area contributed by atoms with E-state index in [1.807, 2.05) is 18.2 Å². The molecule has 0 amide bonds. The van der Waals surface area contributed by atoms with E-state index in [-0.39, 0.29) is 6.04 Å². The van der Waals surface area contributed by atoms with E-state index < -0.39 is 0 Å². The highest BCUT2D eigenvalue weighted by molar-refractivity contribution is 8.01. The first-order valence-electron chi connectivity index (χ1n) is 5.92. The second-order valence-corrected chi connectivity index (χ2v) is 6.68. The highest BCUT2D eigenvalue weighted by Gasteiger charge is 2.24. The van der Waals surface area contributed by atoms with Gasteiger partial charge >= 0.3 is 0 Å². The summed E-state index contributed by atoms with van der Waals surface area (Å²) in [5, 5.41) is 0.306. The summed E-state index contributed by atoms with van der Waals surface area (Å²) < 4.78 is 5.02. The lowest BCUT2D eigenvalue weighted by Gasteiger charge is -2.26. The maximum absolute atomic E-state index is 6.39. The molecule has 0 spiro atoms. The molecular weight excluding hydrogens is 262 g/mol. The Morgan fingerprint density at radius 3 is 2.50 bits per heavy atom. The summed E-state index contributed by atoms with van der Waals surface area (Å²) in [5.41, 5.74) is 7.57. The van der Waals surface area contributed by atoms with E-state index in [2.05, 4.69) is 35.3 Å². The smallest absolute Gasteiger partial charge is 0.170 e. The first-order valence-corrected chi connectivity index (χ1v) is 7.57. The van der Waals surface area contributed by atoms with E-state index in [0.717, 1.165) is 4.34 Å². The van der Waals surface area contributed by atoms with Gasteiger partial charge in [0.05, 0.1) is 0 Å². The Hall–Kier alpha value is -0.910. The lowest BCUT2D eigenvalue weighted by atomic mass is 9.97. The van der Waals surface area contributed by atoms with Crippen molar-refractivity contribution in [3.8, 4) is 0 Å². The van der Waals surface area contributed by atoms with Crippen LogP contribution in [0.5, 0.6) is 0 Å². The van der Waals surface area contributed by atoms with Gasteiger partial charge in [-0.15, -0.1) is 0 Å². The predicted molar refractivity (Wildman–Crippen MR) is 77.8 cm³/mol.